The van der Waals surface area contributed by atoms with Crippen molar-refractivity contribution >= 4 is 27.4 Å². The van der Waals surface area contributed by atoms with Crippen LogP contribution in [0.1, 0.15) is 18.5 Å². The summed E-state index contributed by atoms with van der Waals surface area (Å²) in [5, 5.41) is 3.57. The molecule has 0 radical (unpaired) electrons. The molecule has 0 unspecified atom stereocenters. The highest BCUT2D eigenvalue weighted by Crippen LogP contribution is 2.22. The predicted molar refractivity (Wildman–Crippen MR) is 80.7 cm³/mol. The highest BCUT2D eigenvalue weighted by atomic mass is 35.5. The standard InChI is InChI=1S/C13H15ClN4O2S/c14-12-2-1-5-15-13(12)18-21(19,20)11-6-10(17-8-11)7-16-9-3-4-9/h1-2,5-6,8-9,16-17H,3-4,7H2,(H,15,18). The van der Waals surface area contributed by atoms with Crippen molar-refractivity contribution in [2.24, 2.45) is 0 Å². The number of aromatic amines is 1. The molecule has 0 bridgehead atoms. The summed E-state index contributed by atoms with van der Waals surface area (Å²) < 4.78 is 26.9. The van der Waals surface area contributed by atoms with E-state index >= 15 is 0 Å². The van der Waals surface area contributed by atoms with Crippen LogP contribution in [0.2, 0.25) is 5.02 Å². The summed E-state index contributed by atoms with van der Waals surface area (Å²) in [5.41, 5.74) is 0.828. The topological polar surface area (TPSA) is 86.9 Å². The Bertz CT molecular complexity index is 740. The van der Waals surface area contributed by atoms with E-state index in [0.717, 1.165) is 5.69 Å². The predicted octanol–water partition coefficient (Wildman–Crippen LogP) is 2.12. The molecule has 21 heavy (non-hydrogen) atoms. The Morgan fingerprint density at radius 1 is 1.43 bits per heavy atom. The molecule has 2 aromatic rings. The van der Waals surface area contributed by atoms with Crippen LogP contribution in [0.5, 0.6) is 0 Å². The van der Waals surface area contributed by atoms with Gasteiger partial charge in [-0.15, -0.1) is 0 Å². The van der Waals surface area contributed by atoms with Gasteiger partial charge in [0, 0.05) is 30.7 Å². The largest absolute Gasteiger partial charge is 0.363 e. The van der Waals surface area contributed by atoms with E-state index in [1.807, 2.05) is 0 Å². The van der Waals surface area contributed by atoms with Crippen LogP contribution in [0.3, 0.4) is 0 Å². The number of halogens is 1. The zero-order valence-electron chi connectivity index (χ0n) is 11.1. The van der Waals surface area contributed by atoms with Crippen LogP contribution in [0.25, 0.3) is 0 Å². The average molecular weight is 327 g/mol. The molecule has 3 N–H and O–H groups in total. The van der Waals surface area contributed by atoms with Crippen LogP contribution >= 0.6 is 11.6 Å². The number of H-pyrrole nitrogens is 1. The summed E-state index contributed by atoms with van der Waals surface area (Å²) in [6, 6.07) is 5.39. The lowest BCUT2D eigenvalue weighted by Gasteiger charge is -2.06. The summed E-state index contributed by atoms with van der Waals surface area (Å²) in [6.07, 6.45) is 5.31. The number of rotatable bonds is 6. The van der Waals surface area contributed by atoms with Crippen LogP contribution in [0, 0.1) is 0 Å². The Morgan fingerprint density at radius 2 is 2.24 bits per heavy atom. The number of aromatic nitrogens is 2. The lowest BCUT2D eigenvalue weighted by molar-refractivity contribution is 0.601. The fourth-order valence-corrected chi connectivity index (χ4v) is 3.14. The molecule has 1 fully saturated rings. The molecular weight excluding hydrogens is 312 g/mol. The molecule has 0 amide bonds. The summed E-state index contributed by atoms with van der Waals surface area (Å²) in [7, 11) is -3.69. The Balaban J connectivity index is 1.73. The molecule has 3 rings (SSSR count). The van der Waals surface area contributed by atoms with E-state index in [9.17, 15) is 8.42 Å². The highest BCUT2D eigenvalue weighted by molar-refractivity contribution is 7.92. The summed E-state index contributed by atoms with van der Waals surface area (Å²) in [4.78, 5) is 7.04. The first-order chi connectivity index (χ1) is 10.0. The Labute approximate surface area is 128 Å². The molecule has 0 spiro atoms. The minimum absolute atomic E-state index is 0.123. The Kier molecular flexibility index (Phi) is 3.88. The second-order valence-corrected chi connectivity index (χ2v) is 7.04. The number of nitrogens with one attached hydrogen (secondary N) is 3. The van der Waals surface area contributed by atoms with Crippen LogP contribution in [0.15, 0.2) is 35.5 Å². The molecule has 1 aliphatic carbocycles. The quantitative estimate of drug-likeness (QED) is 0.759. The maximum absolute atomic E-state index is 12.3. The van der Waals surface area contributed by atoms with Crippen molar-refractivity contribution in [3.8, 4) is 0 Å². The number of hydrogen-bond donors (Lipinski definition) is 3. The maximum Gasteiger partial charge on any atom is 0.264 e. The van der Waals surface area contributed by atoms with E-state index < -0.39 is 10.0 Å². The number of anilines is 1. The number of pyridine rings is 1. The van der Waals surface area contributed by atoms with Crippen LogP contribution in [-0.2, 0) is 16.6 Å². The zero-order chi connectivity index (χ0) is 14.9. The number of hydrogen-bond acceptors (Lipinski definition) is 4. The van der Waals surface area contributed by atoms with E-state index in [1.54, 1.807) is 18.2 Å². The van der Waals surface area contributed by atoms with Crippen molar-refractivity contribution in [2.45, 2.75) is 30.3 Å². The first-order valence-corrected chi connectivity index (χ1v) is 8.45. The first kappa shape index (κ1) is 14.4. The van der Waals surface area contributed by atoms with Crippen molar-refractivity contribution in [1.29, 1.82) is 0 Å². The number of nitrogens with zero attached hydrogens (tertiary/aromatic N) is 1. The van der Waals surface area contributed by atoms with Gasteiger partial charge in [0.1, 0.15) is 4.90 Å². The van der Waals surface area contributed by atoms with Gasteiger partial charge < -0.3 is 10.3 Å². The second-order valence-electron chi connectivity index (χ2n) is 4.96. The molecule has 0 atom stereocenters. The molecule has 2 aromatic heterocycles. The van der Waals surface area contributed by atoms with E-state index in [1.165, 1.54) is 25.2 Å². The van der Waals surface area contributed by atoms with Crippen LogP contribution in [-0.4, -0.2) is 24.4 Å². The van der Waals surface area contributed by atoms with Crippen LogP contribution in [0.4, 0.5) is 5.82 Å². The summed E-state index contributed by atoms with van der Waals surface area (Å²) >= 11 is 5.91. The third-order valence-corrected chi connectivity index (χ3v) is 4.80. The summed E-state index contributed by atoms with van der Waals surface area (Å²) in [5.74, 6) is 0.123. The van der Waals surface area contributed by atoms with E-state index in [0.29, 0.717) is 12.6 Å². The van der Waals surface area contributed by atoms with Gasteiger partial charge in [0.2, 0.25) is 0 Å². The molecule has 1 aliphatic rings. The minimum Gasteiger partial charge on any atom is -0.363 e. The maximum atomic E-state index is 12.3. The SMILES string of the molecule is O=S(=O)(Nc1ncccc1Cl)c1c[nH]c(CNC2CC2)c1. The average Bonchev–Trinajstić information content (AvgIpc) is 3.15. The van der Waals surface area contributed by atoms with Gasteiger partial charge >= 0.3 is 0 Å². The fourth-order valence-electron chi connectivity index (χ4n) is 1.86. The third-order valence-electron chi connectivity index (χ3n) is 3.17. The fraction of sp³-hybridized carbons (Fsp3) is 0.308. The second kappa shape index (κ2) is 5.67. The monoisotopic (exact) mass is 326 g/mol. The third kappa shape index (κ3) is 3.55. The van der Waals surface area contributed by atoms with Crippen molar-refractivity contribution in [2.75, 3.05) is 4.72 Å². The van der Waals surface area contributed by atoms with Gasteiger partial charge in [-0.2, -0.15) is 0 Å². The first-order valence-electron chi connectivity index (χ1n) is 6.58. The molecule has 0 aliphatic heterocycles. The molecule has 2 heterocycles. The normalized spacial score (nSPS) is 15.1. The molecule has 0 saturated heterocycles. The zero-order valence-corrected chi connectivity index (χ0v) is 12.7. The lowest BCUT2D eigenvalue weighted by atomic mass is 10.4. The minimum atomic E-state index is -3.69. The Hall–Kier alpha value is -1.57. The van der Waals surface area contributed by atoms with Gasteiger partial charge in [0.05, 0.1) is 5.02 Å². The van der Waals surface area contributed by atoms with Gasteiger partial charge in [-0.25, -0.2) is 13.4 Å². The molecule has 0 aromatic carbocycles. The van der Waals surface area contributed by atoms with E-state index in [2.05, 4.69) is 20.0 Å². The molecule has 6 nitrogen and oxygen atoms in total. The van der Waals surface area contributed by atoms with Gasteiger partial charge in [0.15, 0.2) is 5.82 Å². The van der Waals surface area contributed by atoms with Gasteiger partial charge in [-0.1, -0.05) is 11.6 Å². The van der Waals surface area contributed by atoms with Gasteiger partial charge in [-0.3, -0.25) is 4.72 Å². The number of sulfonamides is 1. The van der Waals surface area contributed by atoms with E-state index in [-0.39, 0.29) is 15.7 Å². The smallest absolute Gasteiger partial charge is 0.264 e. The molecule has 112 valence electrons. The molecule has 8 heteroatoms. The van der Waals surface area contributed by atoms with Gasteiger partial charge in [-0.05, 0) is 31.0 Å². The van der Waals surface area contributed by atoms with E-state index in [4.69, 9.17) is 11.6 Å². The Morgan fingerprint density at radius 3 is 2.95 bits per heavy atom. The molecular formula is C13H15ClN4O2S. The lowest BCUT2D eigenvalue weighted by Crippen LogP contribution is -2.15. The molecule has 1 saturated carbocycles. The van der Waals surface area contributed by atoms with Crippen molar-refractivity contribution in [3.05, 3.63) is 41.3 Å². The van der Waals surface area contributed by atoms with Crippen LogP contribution < -0.4 is 10.0 Å². The van der Waals surface area contributed by atoms with Crippen molar-refractivity contribution in [3.63, 3.8) is 0 Å². The summed E-state index contributed by atoms with van der Waals surface area (Å²) in [6.45, 7) is 0.629. The van der Waals surface area contributed by atoms with Crippen molar-refractivity contribution in [1.82, 2.24) is 15.3 Å². The van der Waals surface area contributed by atoms with Crippen molar-refractivity contribution < 1.29 is 8.42 Å². The highest BCUT2D eigenvalue weighted by Gasteiger charge is 2.21. The van der Waals surface area contributed by atoms with Gasteiger partial charge in [0.25, 0.3) is 10.0 Å².